The maximum absolute atomic E-state index is 9.21. The van der Waals surface area contributed by atoms with Crippen molar-refractivity contribution in [2.75, 3.05) is 13.2 Å². The van der Waals surface area contributed by atoms with Crippen LogP contribution >= 0.6 is 0 Å². The van der Waals surface area contributed by atoms with Gasteiger partial charge in [0.05, 0.1) is 0 Å². The molecule has 16 heavy (non-hydrogen) atoms. The molecule has 0 spiro atoms. The largest absolute Gasteiger partial charge is 0.396 e. The summed E-state index contributed by atoms with van der Waals surface area (Å²) in [6, 6.07) is 6.50. The van der Waals surface area contributed by atoms with E-state index in [1.165, 1.54) is 16.7 Å². The Bertz CT molecular complexity index is 341. The smallest absolute Gasteiger partial charge is 0.0451 e. The summed E-state index contributed by atoms with van der Waals surface area (Å²) in [6.45, 7) is 9.60. The number of aliphatic hydroxyl groups excluding tert-OH is 1. The number of aliphatic hydroxyl groups is 1. The molecule has 1 unspecified atom stereocenters. The first-order valence-electron chi connectivity index (χ1n) is 5.97. The fourth-order valence-corrected chi connectivity index (χ4v) is 2.26. The number of rotatable bonds is 5. The van der Waals surface area contributed by atoms with Crippen LogP contribution in [0.2, 0.25) is 0 Å². The zero-order chi connectivity index (χ0) is 12.2. The van der Waals surface area contributed by atoms with Gasteiger partial charge in [-0.1, -0.05) is 30.7 Å². The highest BCUT2D eigenvalue weighted by atomic mass is 16.3. The fourth-order valence-electron chi connectivity index (χ4n) is 2.26. The summed E-state index contributed by atoms with van der Waals surface area (Å²) in [4.78, 5) is 0. The number of benzene rings is 1. The Balaban J connectivity index is 3.14. The normalized spacial score (nSPS) is 14.8. The van der Waals surface area contributed by atoms with Crippen molar-refractivity contribution in [2.24, 2.45) is 0 Å². The maximum Gasteiger partial charge on any atom is 0.0451 e. The number of hydrogen-bond donors (Lipinski definition) is 2. The highest BCUT2D eigenvalue weighted by Gasteiger charge is 2.26. The predicted molar refractivity (Wildman–Crippen MR) is 68.6 cm³/mol. The quantitative estimate of drug-likeness (QED) is 0.800. The van der Waals surface area contributed by atoms with E-state index in [1.54, 1.807) is 0 Å². The molecule has 0 aliphatic heterocycles. The van der Waals surface area contributed by atoms with Crippen molar-refractivity contribution >= 4 is 0 Å². The first-order valence-corrected chi connectivity index (χ1v) is 5.97. The third kappa shape index (κ3) is 2.83. The SMILES string of the molecule is CCNC(C)(CCO)c1cc(C)ccc1C. The highest BCUT2D eigenvalue weighted by molar-refractivity contribution is 5.35. The zero-order valence-electron chi connectivity index (χ0n) is 10.8. The average Bonchev–Trinajstić information content (AvgIpc) is 2.22. The van der Waals surface area contributed by atoms with Crippen molar-refractivity contribution in [3.05, 3.63) is 34.9 Å². The van der Waals surface area contributed by atoms with Gasteiger partial charge in [-0.05, 0) is 44.9 Å². The first-order chi connectivity index (χ1) is 7.53. The van der Waals surface area contributed by atoms with Crippen LogP contribution in [-0.4, -0.2) is 18.3 Å². The summed E-state index contributed by atoms with van der Waals surface area (Å²) in [5.41, 5.74) is 3.72. The molecule has 1 aromatic rings. The minimum Gasteiger partial charge on any atom is -0.396 e. The summed E-state index contributed by atoms with van der Waals surface area (Å²) in [5.74, 6) is 0. The molecule has 0 saturated carbocycles. The summed E-state index contributed by atoms with van der Waals surface area (Å²) in [5, 5.41) is 12.7. The molecule has 1 rings (SSSR count). The van der Waals surface area contributed by atoms with Crippen LogP contribution < -0.4 is 5.32 Å². The van der Waals surface area contributed by atoms with Gasteiger partial charge in [0.25, 0.3) is 0 Å². The van der Waals surface area contributed by atoms with Gasteiger partial charge in [0, 0.05) is 12.1 Å². The van der Waals surface area contributed by atoms with Crippen molar-refractivity contribution < 1.29 is 5.11 Å². The molecular formula is C14H23NO. The van der Waals surface area contributed by atoms with Gasteiger partial charge in [-0.2, -0.15) is 0 Å². The molecule has 0 saturated heterocycles. The predicted octanol–water partition coefficient (Wildman–Crippen LogP) is 2.51. The van der Waals surface area contributed by atoms with E-state index < -0.39 is 0 Å². The van der Waals surface area contributed by atoms with Gasteiger partial charge in [-0.3, -0.25) is 0 Å². The van der Waals surface area contributed by atoms with Crippen LogP contribution in [0.25, 0.3) is 0 Å². The lowest BCUT2D eigenvalue weighted by Crippen LogP contribution is -2.40. The molecule has 90 valence electrons. The van der Waals surface area contributed by atoms with Gasteiger partial charge in [0.2, 0.25) is 0 Å². The lowest BCUT2D eigenvalue weighted by atomic mass is 9.85. The molecule has 1 aromatic carbocycles. The van der Waals surface area contributed by atoms with Crippen molar-refractivity contribution in [3.63, 3.8) is 0 Å². The van der Waals surface area contributed by atoms with Crippen LogP contribution in [0.4, 0.5) is 0 Å². The Morgan fingerprint density at radius 3 is 2.56 bits per heavy atom. The van der Waals surface area contributed by atoms with E-state index in [2.05, 4.69) is 51.2 Å². The summed E-state index contributed by atoms with van der Waals surface area (Å²) >= 11 is 0. The first kappa shape index (κ1) is 13.2. The number of hydrogen-bond acceptors (Lipinski definition) is 2. The minimum absolute atomic E-state index is 0.125. The van der Waals surface area contributed by atoms with E-state index in [0.29, 0.717) is 0 Å². The van der Waals surface area contributed by atoms with Crippen LogP contribution in [0.1, 0.15) is 37.0 Å². The molecular weight excluding hydrogens is 198 g/mol. The Labute approximate surface area is 98.7 Å². The fraction of sp³-hybridized carbons (Fsp3) is 0.571. The van der Waals surface area contributed by atoms with Gasteiger partial charge < -0.3 is 10.4 Å². The standard InChI is InChI=1S/C14H23NO/c1-5-15-14(4,8-9-16)13-10-11(2)6-7-12(13)3/h6-7,10,15-16H,5,8-9H2,1-4H3. The second kappa shape index (κ2) is 5.46. The lowest BCUT2D eigenvalue weighted by molar-refractivity contribution is 0.222. The Morgan fingerprint density at radius 2 is 2.00 bits per heavy atom. The molecule has 0 amide bonds. The summed E-state index contributed by atoms with van der Waals surface area (Å²) in [6.07, 6.45) is 0.741. The minimum atomic E-state index is -0.125. The van der Waals surface area contributed by atoms with Crippen LogP contribution in [0.15, 0.2) is 18.2 Å². The average molecular weight is 221 g/mol. The summed E-state index contributed by atoms with van der Waals surface area (Å²) < 4.78 is 0. The lowest BCUT2D eigenvalue weighted by Gasteiger charge is -2.32. The van der Waals surface area contributed by atoms with E-state index in [0.717, 1.165) is 13.0 Å². The van der Waals surface area contributed by atoms with Crippen molar-refractivity contribution in [1.29, 1.82) is 0 Å². The number of aryl methyl sites for hydroxylation is 2. The zero-order valence-corrected chi connectivity index (χ0v) is 10.8. The third-order valence-electron chi connectivity index (χ3n) is 3.17. The number of nitrogens with one attached hydrogen (secondary N) is 1. The molecule has 0 heterocycles. The van der Waals surface area contributed by atoms with Crippen LogP contribution in [0.3, 0.4) is 0 Å². The van der Waals surface area contributed by atoms with E-state index in [-0.39, 0.29) is 12.1 Å². The van der Waals surface area contributed by atoms with Crippen LogP contribution in [0.5, 0.6) is 0 Å². The van der Waals surface area contributed by atoms with E-state index >= 15 is 0 Å². The van der Waals surface area contributed by atoms with Crippen molar-refractivity contribution in [3.8, 4) is 0 Å². The molecule has 0 bridgehead atoms. The summed E-state index contributed by atoms with van der Waals surface area (Å²) in [7, 11) is 0. The molecule has 1 atom stereocenters. The van der Waals surface area contributed by atoms with Crippen molar-refractivity contribution in [1.82, 2.24) is 5.32 Å². The van der Waals surface area contributed by atoms with E-state index in [4.69, 9.17) is 0 Å². The molecule has 0 aromatic heterocycles. The molecule has 2 nitrogen and oxygen atoms in total. The maximum atomic E-state index is 9.21. The molecule has 2 heteroatoms. The van der Waals surface area contributed by atoms with E-state index in [1.807, 2.05) is 0 Å². The molecule has 2 N–H and O–H groups in total. The monoisotopic (exact) mass is 221 g/mol. The second-order valence-corrected chi connectivity index (χ2v) is 4.65. The van der Waals surface area contributed by atoms with Gasteiger partial charge in [0.15, 0.2) is 0 Å². The molecule has 0 radical (unpaired) electrons. The second-order valence-electron chi connectivity index (χ2n) is 4.65. The third-order valence-corrected chi connectivity index (χ3v) is 3.17. The van der Waals surface area contributed by atoms with Crippen LogP contribution in [-0.2, 0) is 5.54 Å². The van der Waals surface area contributed by atoms with E-state index in [9.17, 15) is 5.11 Å². The molecule has 0 aliphatic rings. The van der Waals surface area contributed by atoms with Crippen LogP contribution in [0, 0.1) is 13.8 Å². The Morgan fingerprint density at radius 1 is 1.31 bits per heavy atom. The highest BCUT2D eigenvalue weighted by Crippen LogP contribution is 2.28. The van der Waals surface area contributed by atoms with Gasteiger partial charge in [-0.15, -0.1) is 0 Å². The Hall–Kier alpha value is -0.860. The molecule has 0 aliphatic carbocycles. The van der Waals surface area contributed by atoms with Crippen molar-refractivity contribution in [2.45, 2.75) is 39.7 Å². The molecule has 0 fully saturated rings. The van der Waals surface area contributed by atoms with Gasteiger partial charge in [-0.25, -0.2) is 0 Å². The van der Waals surface area contributed by atoms with Gasteiger partial charge in [0.1, 0.15) is 0 Å². The van der Waals surface area contributed by atoms with Gasteiger partial charge >= 0.3 is 0 Å². The Kier molecular flexibility index (Phi) is 4.51. The topological polar surface area (TPSA) is 32.3 Å².